The van der Waals surface area contributed by atoms with Gasteiger partial charge in [0.1, 0.15) is 11.9 Å². The Morgan fingerprint density at radius 1 is 1.47 bits per heavy atom. The van der Waals surface area contributed by atoms with Gasteiger partial charge in [-0.2, -0.15) is 0 Å². The molecule has 0 amide bonds. The number of nitrogens with zero attached hydrogens (tertiary/aromatic N) is 2. The summed E-state index contributed by atoms with van der Waals surface area (Å²) in [7, 11) is 0. The molecule has 0 spiro atoms. The standard InChI is InChI=1S/C12H9ClFN3O2/c13-8-2-1-3-9(11(8)14)16-5-10-7(12(18)19)4-15-6-17-10/h1-4,6,16H,5H2,(H,18,19). The van der Waals surface area contributed by atoms with Gasteiger partial charge in [0.15, 0.2) is 5.82 Å². The van der Waals surface area contributed by atoms with E-state index < -0.39 is 11.8 Å². The van der Waals surface area contributed by atoms with E-state index in [1.807, 2.05) is 0 Å². The third kappa shape index (κ3) is 2.97. The van der Waals surface area contributed by atoms with E-state index in [2.05, 4.69) is 15.3 Å². The molecule has 19 heavy (non-hydrogen) atoms. The summed E-state index contributed by atoms with van der Waals surface area (Å²) in [6, 6.07) is 4.52. The normalized spacial score (nSPS) is 10.2. The fourth-order valence-electron chi connectivity index (χ4n) is 1.49. The summed E-state index contributed by atoms with van der Waals surface area (Å²) in [6.07, 6.45) is 2.43. The molecule has 0 saturated heterocycles. The molecule has 0 aliphatic carbocycles. The Bertz CT molecular complexity index is 622. The molecule has 1 aromatic carbocycles. The van der Waals surface area contributed by atoms with Crippen molar-refractivity contribution in [1.29, 1.82) is 0 Å². The van der Waals surface area contributed by atoms with Crippen LogP contribution in [-0.4, -0.2) is 21.0 Å². The molecule has 2 rings (SSSR count). The first-order valence-electron chi connectivity index (χ1n) is 5.29. The molecule has 0 bridgehead atoms. The maximum atomic E-state index is 13.6. The van der Waals surface area contributed by atoms with Gasteiger partial charge in [-0.3, -0.25) is 0 Å². The van der Waals surface area contributed by atoms with Gasteiger partial charge in [0.05, 0.1) is 22.9 Å². The quantitative estimate of drug-likeness (QED) is 0.901. The number of aromatic carboxylic acids is 1. The number of benzene rings is 1. The topological polar surface area (TPSA) is 75.1 Å². The number of carboxylic acid groups (broad SMARTS) is 1. The van der Waals surface area contributed by atoms with Crippen molar-refractivity contribution in [3.8, 4) is 0 Å². The minimum absolute atomic E-state index is 0.00820. The lowest BCUT2D eigenvalue weighted by Crippen LogP contribution is -2.10. The van der Waals surface area contributed by atoms with Crippen LogP contribution in [0.1, 0.15) is 16.1 Å². The second-order valence-electron chi connectivity index (χ2n) is 3.64. The van der Waals surface area contributed by atoms with Gasteiger partial charge in [-0.05, 0) is 12.1 Å². The maximum Gasteiger partial charge on any atom is 0.339 e. The first-order valence-corrected chi connectivity index (χ1v) is 5.67. The molecule has 98 valence electrons. The number of carbonyl (C=O) groups is 1. The zero-order valence-electron chi connectivity index (χ0n) is 9.60. The predicted octanol–water partition coefficient (Wildman–Crippen LogP) is 2.58. The molecule has 0 atom stereocenters. The van der Waals surface area contributed by atoms with Crippen LogP contribution in [0.4, 0.5) is 10.1 Å². The number of carboxylic acids is 1. The number of nitrogens with one attached hydrogen (secondary N) is 1. The summed E-state index contributed by atoms with van der Waals surface area (Å²) in [5.41, 5.74) is 0.418. The SMILES string of the molecule is O=C(O)c1cncnc1CNc1cccc(Cl)c1F. The third-order valence-electron chi connectivity index (χ3n) is 2.42. The summed E-state index contributed by atoms with van der Waals surface area (Å²) in [6.45, 7) is 0.0570. The summed E-state index contributed by atoms with van der Waals surface area (Å²) >= 11 is 5.64. The first-order chi connectivity index (χ1) is 9.09. The summed E-state index contributed by atoms with van der Waals surface area (Å²) in [4.78, 5) is 18.4. The van der Waals surface area contributed by atoms with Gasteiger partial charge in [-0.1, -0.05) is 17.7 Å². The zero-order valence-corrected chi connectivity index (χ0v) is 10.4. The fraction of sp³-hybridized carbons (Fsp3) is 0.0833. The molecule has 0 aliphatic rings. The van der Waals surface area contributed by atoms with Gasteiger partial charge in [0, 0.05) is 6.20 Å². The van der Waals surface area contributed by atoms with Gasteiger partial charge in [-0.15, -0.1) is 0 Å². The Balaban J connectivity index is 2.19. The fourth-order valence-corrected chi connectivity index (χ4v) is 1.67. The lowest BCUT2D eigenvalue weighted by atomic mass is 10.2. The third-order valence-corrected chi connectivity index (χ3v) is 2.71. The highest BCUT2D eigenvalue weighted by atomic mass is 35.5. The molecule has 0 fully saturated rings. The molecule has 5 nitrogen and oxygen atoms in total. The molecule has 1 aromatic heterocycles. The van der Waals surface area contributed by atoms with Crippen molar-refractivity contribution >= 4 is 23.3 Å². The van der Waals surface area contributed by atoms with Crippen molar-refractivity contribution in [2.75, 3.05) is 5.32 Å². The molecular weight excluding hydrogens is 273 g/mol. The average molecular weight is 282 g/mol. The molecule has 2 aromatic rings. The van der Waals surface area contributed by atoms with Crippen molar-refractivity contribution in [2.24, 2.45) is 0 Å². The number of aromatic nitrogens is 2. The van der Waals surface area contributed by atoms with Crippen molar-refractivity contribution in [1.82, 2.24) is 9.97 Å². The van der Waals surface area contributed by atoms with Crippen LogP contribution in [0.25, 0.3) is 0 Å². The van der Waals surface area contributed by atoms with Crippen LogP contribution in [-0.2, 0) is 6.54 Å². The largest absolute Gasteiger partial charge is 0.478 e. The molecule has 0 unspecified atom stereocenters. The van der Waals surface area contributed by atoms with Gasteiger partial charge in [-0.25, -0.2) is 19.2 Å². The van der Waals surface area contributed by atoms with Gasteiger partial charge in [0.2, 0.25) is 0 Å². The van der Waals surface area contributed by atoms with E-state index in [9.17, 15) is 9.18 Å². The minimum atomic E-state index is -1.14. The Kier molecular flexibility index (Phi) is 3.91. The Morgan fingerprint density at radius 2 is 2.26 bits per heavy atom. The summed E-state index contributed by atoms with van der Waals surface area (Å²) in [5, 5.41) is 11.7. The maximum absolute atomic E-state index is 13.6. The smallest absolute Gasteiger partial charge is 0.339 e. The van der Waals surface area contributed by atoms with Crippen molar-refractivity contribution in [3.63, 3.8) is 0 Å². The van der Waals surface area contributed by atoms with Crippen LogP contribution in [0.15, 0.2) is 30.7 Å². The number of hydrogen-bond donors (Lipinski definition) is 2. The number of rotatable bonds is 4. The van der Waals surface area contributed by atoms with Crippen LogP contribution in [0, 0.1) is 5.82 Å². The predicted molar refractivity (Wildman–Crippen MR) is 67.7 cm³/mol. The van der Waals surface area contributed by atoms with E-state index in [-0.39, 0.29) is 28.5 Å². The molecule has 7 heteroatoms. The van der Waals surface area contributed by atoms with Crippen LogP contribution in [0.2, 0.25) is 5.02 Å². The second-order valence-corrected chi connectivity index (χ2v) is 4.05. The molecular formula is C12H9ClFN3O2. The van der Waals surface area contributed by atoms with E-state index in [1.165, 1.54) is 24.7 Å². The lowest BCUT2D eigenvalue weighted by molar-refractivity contribution is 0.0694. The Morgan fingerprint density at radius 3 is 3.00 bits per heavy atom. The van der Waals surface area contributed by atoms with Crippen LogP contribution >= 0.6 is 11.6 Å². The highest BCUT2D eigenvalue weighted by Crippen LogP contribution is 2.22. The summed E-state index contributed by atoms with van der Waals surface area (Å²) < 4.78 is 13.6. The monoisotopic (exact) mass is 281 g/mol. The molecule has 2 N–H and O–H groups in total. The molecule has 0 radical (unpaired) electrons. The van der Waals surface area contributed by atoms with Gasteiger partial charge < -0.3 is 10.4 Å². The highest BCUT2D eigenvalue weighted by molar-refractivity contribution is 6.31. The van der Waals surface area contributed by atoms with Crippen LogP contribution < -0.4 is 5.32 Å². The highest BCUT2D eigenvalue weighted by Gasteiger charge is 2.12. The summed E-state index contributed by atoms with van der Waals surface area (Å²) in [5.74, 6) is -1.72. The first kappa shape index (κ1) is 13.2. The molecule has 0 aliphatic heterocycles. The van der Waals surface area contributed by atoms with Crippen LogP contribution in [0.3, 0.4) is 0 Å². The zero-order chi connectivity index (χ0) is 13.8. The Hall–Kier alpha value is -2.21. The lowest BCUT2D eigenvalue weighted by Gasteiger charge is -2.09. The number of hydrogen-bond acceptors (Lipinski definition) is 4. The van der Waals surface area contributed by atoms with Crippen molar-refractivity contribution in [3.05, 3.63) is 52.8 Å². The molecule has 0 saturated carbocycles. The number of anilines is 1. The van der Waals surface area contributed by atoms with E-state index >= 15 is 0 Å². The van der Waals surface area contributed by atoms with Crippen molar-refractivity contribution < 1.29 is 14.3 Å². The van der Waals surface area contributed by atoms with Crippen LogP contribution in [0.5, 0.6) is 0 Å². The van der Waals surface area contributed by atoms with Gasteiger partial charge >= 0.3 is 5.97 Å². The number of halogens is 2. The average Bonchev–Trinajstić information content (AvgIpc) is 2.40. The Labute approximate surface area is 113 Å². The molecule has 1 heterocycles. The van der Waals surface area contributed by atoms with E-state index in [0.717, 1.165) is 0 Å². The minimum Gasteiger partial charge on any atom is -0.478 e. The van der Waals surface area contributed by atoms with E-state index in [4.69, 9.17) is 16.7 Å². The second kappa shape index (κ2) is 5.62. The van der Waals surface area contributed by atoms with E-state index in [0.29, 0.717) is 0 Å². The van der Waals surface area contributed by atoms with Gasteiger partial charge in [0.25, 0.3) is 0 Å². The van der Waals surface area contributed by atoms with Crippen molar-refractivity contribution in [2.45, 2.75) is 6.54 Å². The van der Waals surface area contributed by atoms with E-state index in [1.54, 1.807) is 6.07 Å².